The van der Waals surface area contributed by atoms with E-state index in [0.29, 0.717) is 0 Å². The number of carbonyl (C=O) groups is 2. The van der Waals surface area contributed by atoms with Crippen LogP contribution >= 0.6 is 0 Å². The largest absolute Gasteiger partial charge is 0.393 e. The average Bonchev–Trinajstić information content (AvgIpc) is 2.96. The molecule has 0 rings (SSSR count). The van der Waals surface area contributed by atoms with Crippen LogP contribution in [0.15, 0.2) is 24.3 Å². The fraction of sp³-hybridized carbons (Fsp3) is 0.838. The van der Waals surface area contributed by atoms with Crippen LogP contribution in [0, 0.1) is 0 Å². The minimum absolute atomic E-state index is 0.0806. The third kappa shape index (κ3) is 34.8. The van der Waals surface area contributed by atoms with E-state index in [1.807, 2.05) is 0 Å². The standard InChI is InChI=1S/C37H68O3/c38-35-31-27-23-19-15-11-7-3-1-5-9-13-17-21-25-29-33-37(40)34-30-26-22-18-14-10-6-2-4-8-12-16-20-24-28-32-36-39/h1-4,35-37,40H,5-34H2/b3-1-,4-2-. The number of aliphatic hydroxyl groups excluding tert-OH is 1. The zero-order valence-corrected chi connectivity index (χ0v) is 26.5. The normalized spacial score (nSPS) is 11.8. The quantitative estimate of drug-likeness (QED) is 0.0483. The van der Waals surface area contributed by atoms with Gasteiger partial charge in [-0.15, -0.1) is 0 Å². The van der Waals surface area contributed by atoms with Crippen molar-refractivity contribution in [2.45, 2.75) is 199 Å². The molecule has 234 valence electrons. The van der Waals surface area contributed by atoms with Gasteiger partial charge < -0.3 is 14.7 Å². The van der Waals surface area contributed by atoms with Crippen molar-refractivity contribution in [3.8, 4) is 0 Å². The zero-order chi connectivity index (χ0) is 29.0. The van der Waals surface area contributed by atoms with E-state index in [9.17, 15) is 14.7 Å². The predicted molar refractivity (Wildman–Crippen MR) is 175 cm³/mol. The second kappa shape index (κ2) is 35.8. The summed E-state index contributed by atoms with van der Waals surface area (Å²) in [6.45, 7) is 0. The first-order chi connectivity index (χ1) is 19.8. The monoisotopic (exact) mass is 561 g/mol. The Morgan fingerprint density at radius 1 is 0.325 bits per heavy atom. The number of hydrogen-bond acceptors (Lipinski definition) is 3. The van der Waals surface area contributed by atoms with Gasteiger partial charge in [0, 0.05) is 12.8 Å². The van der Waals surface area contributed by atoms with Crippen LogP contribution in [0.25, 0.3) is 0 Å². The van der Waals surface area contributed by atoms with Gasteiger partial charge in [-0.3, -0.25) is 0 Å². The molecule has 0 spiro atoms. The van der Waals surface area contributed by atoms with Gasteiger partial charge in [-0.1, -0.05) is 127 Å². The molecular formula is C37H68O3. The number of carbonyl (C=O) groups excluding carboxylic acids is 2. The SMILES string of the molecule is O=CCCCCCCC/C=C\CCCCCCCCC(O)CCCCCCCC/C=C\CCCCCCCC=O. The molecule has 0 unspecified atom stereocenters. The molecule has 1 N–H and O–H groups in total. The summed E-state index contributed by atoms with van der Waals surface area (Å²) >= 11 is 0. The van der Waals surface area contributed by atoms with Gasteiger partial charge in [0.1, 0.15) is 12.6 Å². The van der Waals surface area contributed by atoms with E-state index in [4.69, 9.17) is 0 Å². The maximum atomic E-state index is 10.3. The molecule has 0 aliphatic heterocycles. The molecule has 0 aromatic heterocycles. The van der Waals surface area contributed by atoms with Gasteiger partial charge in [0.15, 0.2) is 0 Å². The van der Waals surface area contributed by atoms with Crippen LogP contribution in [0.2, 0.25) is 0 Å². The Hall–Kier alpha value is -1.22. The van der Waals surface area contributed by atoms with Crippen molar-refractivity contribution in [1.29, 1.82) is 0 Å². The summed E-state index contributed by atoms with van der Waals surface area (Å²) in [7, 11) is 0. The number of rotatable bonds is 34. The maximum Gasteiger partial charge on any atom is 0.119 e. The lowest BCUT2D eigenvalue weighted by Gasteiger charge is -2.10. The highest BCUT2D eigenvalue weighted by Crippen LogP contribution is 2.15. The third-order valence-electron chi connectivity index (χ3n) is 8.04. The van der Waals surface area contributed by atoms with Crippen molar-refractivity contribution in [1.82, 2.24) is 0 Å². The van der Waals surface area contributed by atoms with E-state index < -0.39 is 0 Å². The molecule has 0 aromatic rings. The van der Waals surface area contributed by atoms with E-state index >= 15 is 0 Å². The smallest absolute Gasteiger partial charge is 0.119 e. The van der Waals surface area contributed by atoms with E-state index in [1.165, 1.54) is 154 Å². The van der Waals surface area contributed by atoms with Crippen molar-refractivity contribution in [2.75, 3.05) is 0 Å². The van der Waals surface area contributed by atoms with Crippen LogP contribution in [-0.2, 0) is 9.59 Å². The molecule has 0 saturated heterocycles. The minimum Gasteiger partial charge on any atom is -0.393 e. The molecule has 40 heavy (non-hydrogen) atoms. The van der Waals surface area contributed by atoms with Crippen LogP contribution in [-0.4, -0.2) is 23.8 Å². The van der Waals surface area contributed by atoms with Crippen molar-refractivity contribution < 1.29 is 14.7 Å². The van der Waals surface area contributed by atoms with Crippen LogP contribution in [0.5, 0.6) is 0 Å². The molecule has 0 radical (unpaired) electrons. The summed E-state index contributed by atoms with van der Waals surface area (Å²) in [6, 6.07) is 0. The average molecular weight is 561 g/mol. The second-order valence-electron chi connectivity index (χ2n) is 12.0. The summed E-state index contributed by atoms with van der Waals surface area (Å²) in [5.74, 6) is 0. The Morgan fingerprint density at radius 2 is 0.550 bits per heavy atom. The first kappa shape index (κ1) is 38.8. The van der Waals surface area contributed by atoms with Crippen LogP contribution in [0.3, 0.4) is 0 Å². The molecule has 3 nitrogen and oxygen atoms in total. The van der Waals surface area contributed by atoms with Crippen LogP contribution in [0.1, 0.15) is 193 Å². The van der Waals surface area contributed by atoms with Crippen molar-refractivity contribution in [2.24, 2.45) is 0 Å². The van der Waals surface area contributed by atoms with Gasteiger partial charge in [0.05, 0.1) is 6.10 Å². The molecule has 0 saturated carbocycles. The molecule has 0 bridgehead atoms. The molecule has 0 heterocycles. The summed E-state index contributed by atoms with van der Waals surface area (Å²) in [4.78, 5) is 20.5. The highest BCUT2D eigenvalue weighted by molar-refractivity contribution is 5.49. The van der Waals surface area contributed by atoms with Crippen LogP contribution in [0.4, 0.5) is 0 Å². The Balaban J connectivity index is 3.23. The van der Waals surface area contributed by atoms with E-state index in [2.05, 4.69) is 24.3 Å². The second-order valence-corrected chi connectivity index (χ2v) is 12.0. The highest BCUT2D eigenvalue weighted by atomic mass is 16.3. The van der Waals surface area contributed by atoms with Gasteiger partial charge in [0.2, 0.25) is 0 Å². The molecule has 0 atom stereocenters. The predicted octanol–water partition coefficient (Wildman–Crippen LogP) is 11.6. The summed E-state index contributed by atoms with van der Waals surface area (Å²) < 4.78 is 0. The van der Waals surface area contributed by atoms with Gasteiger partial charge in [-0.2, -0.15) is 0 Å². The first-order valence-corrected chi connectivity index (χ1v) is 17.7. The number of aldehydes is 2. The highest BCUT2D eigenvalue weighted by Gasteiger charge is 2.03. The number of aliphatic hydroxyl groups is 1. The molecule has 3 heteroatoms. The van der Waals surface area contributed by atoms with Gasteiger partial charge in [-0.25, -0.2) is 0 Å². The lowest BCUT2D eigenvalue weighted by atomic mass is 10.0. The number of unbranched alkanes of at least 4 members (excludes halogenated alkanes) is 24. The van der Waals surface area contributed by atoms with Crippen molar-refractivity contribution >= 4 is 12.6 Å². The summed E-state index contributed by atoms with van der Waals surface area (Å²) in [5.41, 5.74) is 0. The zero-order valence-electron chi connectivity index (χ0n) is 26.5. The molecule has 0 amide bonds. The number of allylic oxidation sites excluding steroid dienone is 4. The fourth-order valence-corrected chi connectivity index (χ4v) is 5.35. The third-order valence-corrected chi connectivity index (χ3v) is 8.04. The Morgan fingerprint density at radius 3 is 0.825 bits per heavy atom. The maximum absolute atomic E-state index is 10.3. The van der Waals surface area contributed by atoms with Crippen molar-refractivity contribution in [3.05, 3.63) is 24.3 Å². The van der Waals surface area contributed by atoms with Gasteiger partial charge >= 0.3 is 0 Å². The minimum atomic E-state index is -0.0806. The molecule has 0 fully saturated rings. The van der Waals surface area contributed by atoms with Crippen LogP contribution < -0.4 is 0 Å². The van der Waals surface area contributed by atoms with Gasteiger partial charge in [0.25, 0.3) is 0 Å². The lowest BCUT2D eigenvalue weighted by Crippen LogP contribution is -2.05. The van der Waals surface area contributed by atoms with Crippen molar-refractivity contribution in [3.63, 3.8) is 0 Å². The lowest BCUT2D eigenvalue weighted by molar-refractivity contribution is -0.108. The Labute approximate surface area is 250 Å². The summed E-state index contributed by atoms with van der Waals surface area (Å²) in [5, 5.41) is 10.3. The topological polar surface area (TPSA) is 54.4 Å². The molecule has 0 aliphatic rings. The molecule has 0 aliphatic carbocycles. The first-order valence-electron chi connectivity index (χ1n) is 17.7. The fourth-order valence-electron chi connectivity index (χ4n) is 5.35. The van der Waals surface area contributed by atoms with Gasteiger partial charge in [-0.05, 0) is 77.0 Å². The molecular weight excluding hydrogens is 492 g/mol. The van der Waals surface area contributed by atoms with E-state index in [-0.39, 0.29) is 6.10 Å². The summed E-state index contributed by atoms with van der Waals surface area (Å²) in [6.07, 6.45) is 47.5. The van der Waals surface area contributed by atoms with E-state index in [0.717, 1.165) is 51.1 Å². The van der Waals surface area contributed by atoms with E-state index in [1.54, 1.807) is 0 Å². The Bertz CT molecular complexity index is 506. The Kier molecular flexibility index (Phi) is 34.7. The number of hydrogen-bond donors (Lipinski definition) is 1. The molecule has 0 aromatic carbocycles.